The number of aliphatic hydroxyl groups excluding tert-OH is 4. The Morgan fingerprint density at radius 2 is 1.71 bits per heavy atom. The third kappa shape index (κ3) is 3.49. The van der Waals surface area contributed by atoms with E-state index >= 15 is 0 Å². The van der Waals surface area contributed by atoms with Crippen molar-refractivity contribution in [2.45, 2.75) is 53.0 Å². The van der Waals surface area contributed by atoms with Gasteiger partial charge in [-0.1, -0.05) is 11.6 Å². The van der Waals surface area contributed by atoms with Crippen LogP contribution in [0.1, 0.15) is 0 Å². The summed E-state index contributed by atoms with van der Waals surface area (Å²) < 4.78 is 16.1. The molecule has 0 aromatic heterocycles. The Kier molecular flexibility index (Phi) is 6.90. The highest BCUT2D eigenvalue weighted by atomic mass is 35.5. The van der Waals surface area contributed by atoms with E-state index in [1.807, 2.05) is 0 Å². The Balaban J connectivity index is 2.24. The number of aliphatic hydroxyl groups is 5. The molecule has 142 valence electrons. The summed E-state index contributed by atoms with van der Waals surface area (Å²) in [5.74, 6) is -2.59. The van der Waals surface area contributed by atoms with E-state index < -0.39 is 65.5 Å². The number of rotatable bonds is 5. The Morgan fingerprint density at radius 1 is 1.08 bits per heavy atom. The maximum Gasteiger partial charge on any atom is 0.214 e. The molecule has 5 N–H and O–H groups in total. The molecular weight excluding hydrogens is 414 g/mol. The molecule has 0 bridgehead atoms. The monoisotopic (exact) mass is 430 g/mol. The van der Waals surface area contributed by atoms with Crippen LogP contribution < -0.4 is 0 Å². The molecule has 2 saturated heterocycles. The normalized spacial score (nSPS) is 52.6. The molecule has 0 spiro atoms. The Bertz CT molecular complexity index is 443. The second kappa shape index (κ2) is 7.84. The molecule has 0 unspecified atom stereocenters. The first-order valence-electron chi connectivity index (χ1n) is 6.98. The first-order valence-corrected chi connectivity index (χ1v) is 8.86. The van der Waals surface area contributed by atoms with E-state index in [1.54, 1.807) is 0 Å². The van der Waals surface area contributed by atoms with Crippen molar-refractivity contribution < 1.29 is 39.7 Å². The minimum atomic E-state index is -2.39. The van der Waals surface area contributed by atoms with E-state index in [2.05, 4.69) is 0 Å². The van der Waals surface area contributed by atoms with Crippen molar-refractivity contribution >= 4 is 46.4 Å². The zero-order chi connectivity index (χ0) is 18.3. The quantitative estimate of drug-likeness (QED) is 0.347. The summed E-state index contributed by atoms with van der Waals surface area (Å²) in [4.78, 5) is 0. The zero-order valence-electron chi connectivity index (χ0n) is 12.1. The van der Waals surface area contributed by atoms with Gasteiger partial charge in [-0.15, -0.1) is 34.8 Å². The summed E-state index contributed by atoms with van der Waals surface area (Å²) in [7, 11) is 0. The average Bonchev–Trinajstić information content (AvgIpc) is 2.81. The summed E-state index contributed by atoms with van der Waals surface area (Å²) in [6.07, 6.45) is -8.69. The van der Waals surface area contributed by atoms with Crippen LogP contribution in [0.25, 0.3) is 0 Å². The third-order valence-corrected chi connectivity index (χ3v) is 5.90. The Morgan fingerprint density at radius 3 is 2.17 bits per heavy atom. The summed E-state index contributed by atoms with van der Waals surface area (Å²) in [6, 6.07) is 0. The summed E-state index contributed by atoms with van der Waals surface area (Å²) >= 11 is 23.2. The van der Waals surface area contributed by atoms with Crippen LogP contribution in [0.3, 0.4) is 0 Å². The minimum absolute atomic E-state index is 0.156. The predicted octanol–water partition coefficient (Wildman–Crippen LogP) is -1.09. The largest absolute Gasteiger partial charge is 0.394 e. The van der Waals surface area contributed by atoms with Crippen LogP contribution in [0.2, 0.25) is 0 Å². The second-order valence-corrected chi connectivity index (χ2v) is 7.26. The molecule has 2 heterocycles. The third-order valence-electron chi connectivity index (χ3n) is 4.03. The highest BCUT2D eigenvalue weighted by molar-refractivity contribution is 6.32. The molecule has 8 nitrogen and oxygen atoms in total. The summed E-state index contributed by atoms with van der Waals surface area (Å²) in [5.41, 5.74) is 0. The zero-order valence-corrected chi connectivity index (χ0v) is 15.2. The molecule has 2 aliphatic heterocycles. The van der Waals surface area contributed by atoms with Gasteiger partial charge in [0.2, 0.25) is 5.79 Å². The van der Waals surface area contributed by atoms with Gasteiger partial charge < -0.3 is 39.7 Å². The summed E-state index contributed by atoms with van der Waals surface area (Å²) in [5, 5.41) is 45.9. The lowest BCUT2D eigenvalue weighted by Gasteiger charge is -2.46. The molecule has 0 radical (unpaired) electrons. The van der Waals surface area contributed by atoms with Crippen molar-refractivity contribution in [2.75, 3.05) is 18.4 Å². The summed E-state index contributed by atoms with van der Waals surface area (Å²) in [6.45, 7) is -0.625. The minimum Gasteiger partial charge on any atom is -0.394 e. The molecule has 9 atom stereocenters. The molecule has 0 aliphatic carbocycles. The molecule has 2 aliphatic rings. The number of hydrogen-bond donors (Lipinski definition) is 5. The fourth-order valence-electron chi connectivity index (χ4n) is 2.58. The van der Waals surface area contributed by atoms with Crippen LogP contribution in [-0.2, 0) is 14.2 Å². The van der Waals surface area contributed by atoms with Gasteiger partial charge >= 0.3 is 0 Å². The SMILES string of the molecule is OC[C@H]1O[C@H](O[C@]2(CCl)O[C@H](CCl)[C@@H](O)[C@@H]2O)[C@@H](O)[C@@](O)(Cl)[C@@H]1Cl. The van der Waals surface area contributed by atoms with Crippen LogP contribution in [0.5, 0.6) is 0 Å². The first-order chi connectivity index (χ1) is 11.1. The predicted molar refractivity (Wildman–Crippen MR) is 84.3 cm³/mol. The van der Waals surface area contributed by atoms with Gasteiger partial charge in [0.05, 0.1) is 18.4 Å². The number of halogens is 4. The van der Waals surface area contributed by atoms with Crippen molar-refractivity contribution in [2.24, 2.45) is 0 Å². The van der Waals surface area contributed by atoms with Gasteiger partial charge in [-0.3, -0.25) is 0 Å². The van der Waals surface area contributed by atoms with Crippen LogP contribution in [0.4, 0.5) is 0 Å². The molecule has 2 rings (SSSR count). The van der Waals surface area contributed by atoms with Crippen molar-refractivity contribution in [3.63, 3.8) is 0 Å². The number of hydrogen-bond acceptors (Lipinski definition) is 8. The van der Waals surface area contributed by atoms with Crippen LogP contribution in [0, 0.1) is 0 Å². The lowest BCUT2D eigenvalue weighted by molar-refractivity contribution is -0.361. The van der Waals surface area contributed by atoms with Crippen LogP contribution >= 0.6 is 46.4 Å². The Labute approximate surface area is 157 Å². The lowest BCUT2D eigenvalue weighted by Crippen LogP contribution is -2.65. The molecule has 0 aromatic rings. The smallest absolute Gasteiger partial charge is 0.214 e. The second-order valence-electron chi connectivity index (χ2n) is 5.61. The molecule has 0 amide bonds. The van der Waals surface area contributed by atoms with Crippen LogP contribution in [-0.4, -0.2) is 96.9 Å². The Hall–Kier alpha value is 0.840. The van der Waals surface area contributed by atoms with Gasteiger partial charge in [-0.05, 0) is 0 Å². The van der Waals surface area contributed by atoms with Gasteiger partial charge in [0.25, 0.3) is 0 Å². The van der Waals surface area contributed by atoms with Crippen molar-refractivity contribution in [3.8, 4) is 0 Å². The fraction of sp³-hybridized carbons (Fsp3) is 1.00. The van der Waals surface area contributed by atoms with Gasteiger partial charge in [-0.25, -0.2) is 0 Å². The van der Waals surface area contributed by atoms with Gasteiger partial charge in [0.15, 0.2) is 11.4 Å². The van der Waals surface area contributed by atoms with Crippen molar-refractivity contribution in [1.29, 1.82) is 0 Å². The van der Waals surface area contributed by atoms with Crippen LogP contribution in [0.15, 0.2) is 0 Å². The fourth-order valence-corrected chi connectivity index (χ4v) is 3.62. The highest BCUT2D eigenvalue weighted by Crippen LogP contribution is 2.41. The molecular formula is C12H18Cl4O8. The number of alkyl halides is 4. The lowest BCUT2D eigenvalue weighted by atomic mass is 10.0. The van der Waals surface area contributed by atoms with E-state index in [0.29, 0.717) is 0 Å². The van der Waals surface area contributed by atoms with Gasteiger partial charge in [-0.2, -0.15) is 0 Å². The van der Waals surface area contributed by atoms with Crippen molar-refractivity contribution in [1.82, 2.24) is 0 Å². The average molecular weight is 432 g/mol. The van der Waals surface area contributed by atoms with E-state index in [4.69, 9.17) is 60.6 Å². The van der Waals surface area contributed by atoms with E-state index in [9.17, 15) is 25.5 Å². The molecule has 24 heavy (non-hydrogen) atoms. The standard InChI is InChI=1S/C12H18Cl4O8/c13-1-4-6(18)8(19)11(3-14,23-4)24-10-9(20)12(16,21)7(15)5(2-17)22-10/h4-10,17-21H,1-3H2/t4-,5-,6-,7-,8+,9-,10-,11+,12-/m1/s1. The molecule has 0 aromatic carbocycles. The van der Waals surface area contributed by atoms with E-state index in [0.717, 1.165) is 0 Å². The topological polar surface area (TPSA) is 129 Å². The van der Waals surface area contributed by atoms with E-state index in [1.165, 1.54) is 0 Å². The highest BCUT2D eigenvalue weighted by Gasteiger charge is 2.60. The molecule has 2 fully saturated rings. The molecule has 0 saturated carbocycles. The maximum absolute atomic E-state index is 10.2. The number of ether oxygens (including phenoxy) is 3. The first kappa shape index (κ1) is 21.1. The van der Waals surface area contributed by atoms with Gasteiger partial charge in [0, 0.05) is 0 Å². The van der Waals surface area contributed by atoms with Crippen molar-refractivity contribution in [3.05, 3.63) is 0 Å². The van der Waals surface area contributed by atoms with E-state index in [-0.39, 0.29) is 5.88 Å². The molecule has 12 heteroatoms. The van der Waals surface area contributed by atoms with Gasteiger partial charge in [0.1, 0.15) is 35.9 Å². The maximum atomic E-state index is 10.2.